The Bertz CT molecular complexity index is 538. The summed E-state index contributed by atoms with van der Waals surface area (Å²) in [5.41, 5.74) is -2.08. The SMILES string of the molecule is O=c1cc(O)/c(=N/O)c(=O)/c1=N\O. The fraction of sp³-hybridized carbons (Fsp3) is 0. The first-order chi connectivity index (χ1) is 6.11. The third kappa shape index (κ3) is 1.26. The zero-order valence-corrected chi connectivity index (χ0v) is 6.13. The van der Waals surface area contributed by atoms with E-state index in [0.717, 1.165) is 0 Å². The Balaban J connectivity index is 4.06. The van der Waals surface area contributed by atoms with Crippen LogP contribution in [0.15, 0.2) is 26.0 Å². The molecule has 0 aliphatic heterocycles. The summed E-state index contributed by atoms with van der Waals surface area (Å²) < 4.78 is 0. The predicted octanol–water partition coefficient (Wildman–Crippen LogP) is -2.43. The monoisotopic (exact) mass is 184 g/mol. The molecule has 0 saturated heterocycles. The van der Waals surface area contributed by atoms with Crippen LogP contribution in [-0.4, -0.2) is 15.5 Å². The Morgan fingerprint density at radius 2 is 1.62 bits per heavy atom. The van der Waals surface area contributed by atoms with E-state index in [4.69, 9.17) is 15.5 Å². The Labute approximate surface area is 69.8 Å². The molecule has 0 aliphatic carbocycles. The largest absolute Gasteiger partial charge is 0.505 e. The van der Waals surface area contributed by atoms with E-state index in [1.54, 1.807) is 0 Å². The zero-order valence-electron chi connectivity index (χ0n) is 6.13. The van der Waals surface area contributed by atoms with E-state index in [1.165, 1.54) is 0 Å². The summed E-state index contributed by atoms with van der Waals surface area (Å²) in [6.45, 7) is 0. The van der Waals surface area contributed by atoms with Crippen molar-refractivity contribution in [2.45, 2.75) is 0 Å². The first-order valence-corrected chi connectivity index (χ1v) is 3.06. The number of hydrogen-bond donors (Lipinski definition) is 3. The minimum absolute atomic E-state index is 0.617. The Morgan fingerprint density at radius 3 is 2.08 bits per heavy atom. The van der Waals surface area contributed by atoms with Crippen molar-refractivity contribution in [1.82, 2.24) is 0 Å². The van der Waals surface area contributed by atoms with Crippen molar-refractivity contribution in [3.63, 3.8) is 0 Å². The van der Waals surface area contributed by atoms with Gasteiger partial charge in [0.1, 0.15) is 0 Å². The molecule has 0 aromatic heterocycles. The fourth-order valence-electron chi connectivity index (χ4n) is 0.793. The molecule has 3 N–H and O–H groups in total. The van der Waals surface area contributed by atoms with E-state index >= 15 is 0 Å². The van der Waals surface area contributed by atoms with Crippen LogP contribution in [0.25, 0.3) is 0 Å². The molecule has 0 saturated carbocycles. The van der Waals surface area contributed by atoms with E-state index in [2.05, 4.69) is 10.3 Å². The van der Waals surface area contributed by atoms with Crippen molar-refractivity contribution in [2.24, 2.45) is 10.3 Å². The first-order valence-electron chi connectivity index (χ1n) is 3.06. The van der Waals surface area contributed by atoms with Crippen LogP contribution in [0.5, 0.6) is 5.75 Å². The standard InChI is InChI=1S/C6H4N2O5/c9-2-1-3(10)5(8-13)6(11)4(2)7-12/h1,9,12-13H/b7-4-,8-5-. The van der Waals surface area contributed by atoms with Crippen LogP contribution in [0.2, 0.25) is 0 Å². The molecule has 7 nitrogen and oxygen atoms in total. The lowest BCUT2D eigenvalue weighted by Gasteiger charge is -1.87. The highest BCUT2D eigenvalue weighted by atomic mass is 16.4. The Morgan fingerprint density at radius 1 is 1.08 bits per heavy atom. The number of aromatic hydroxyl groups is 1. The van der Waals surface area contributed by atoms with Crippen LogP contribution in [0, 0.1) is 0 Å². The highest BCUT2D eigenvalue weighted by Crippen LogP contribution is 1.86. The van der Waals surface area contributed by atoms with Gasteiger partial charge in [-0.2, -0.15) is 0 Å². The summed E-state index contributed by atoms with van der Waals surface area (Å²) in [6, 6.07) is 0.617. The summed E-state index contributed by atoms with van der Waals surface area (Å²) in [6.07, 6.45) is 0. The fourth-order valence-corrected chi connectivity index (χ4v) is 0.793. The smallest absolute Gasteiger partial charge is 0.244 e. The average molecular weight is 184 g/mol. The maximum atomic E-state index is 11.0. The highest BCUT2D eigenvalue weighted by molar-refractivity contribution is 5.18. The Kier molecular flexibility index (Phi) is 2.09. The summed E-state index contributed by atoms with van der Waals surface area (Å²) in [7, 11) is 0. The second kappa shape index (κ2) is 3.05. The molecule has 0 spiro atoms. The molecule has 0 fully saturated rings. The van der Waals surface area contributed by atoms with Gasteiger partial charge in [0.15, 0.2) is 16.5 Å². The van der Waals surface area contributed by atoms with Crippen LogP contribution in [-0.2, 0) is 0 Å². The molecule has 0 unspecified atom stereocenters. The van der Waals surface area contributed by atoms with Crippen molar-refractivity contribution >= 4 is 0 Å². The van der Waals surface area contributed by atoms with E-state index in [9.17, 15) is 9.59 Å². The Hall–Kier alpha value is -2.18. The second-order valence-electron chi connectivity index (χ2n) is 2.12. The number of phenols is 1. The van der Waals surface area contributed by atoms with Crippen LogP contribution < -0.4 is 21.6 Å². The van der Waals surface area contributed by atoms with E-state index < -0.39 is 27.3 Å². The van der Waals surface area contributed by atoms with Crippen LogP contribution in [0.1, 0.15) is 0 Å². The lowest BCUT2D eigenvalue weighted by Crippen LogP contribution is -2.47. The van der Waals surface area contributed by atoms with Gasteiger partial charge in [-0.3, -0.25) is 9.59 Å². The van der Waals surface area contributed by atoms with Crippen molar-refractivity contribution in [3.8, 4) is 5.75 Å². The maximum Gasteiger partial charge on any atom is 0.244 e. The summed E-state index contributed by atoms with van der Waals surface area (Å²) in [4.78, 5) is 21.8. The number of rotatable bonds is 0. The van der Waals surface area contributed by atoms with Gasteiger partial charge in [-0.15, -0.1) is 0 Å². The topological polar surface area (TPSA) is 120 Å². The van der Waals surface area contributed by atoms with E-state index in [1.807, 2.05) is 0 Å². The average Bonchev–Trinajstić information content (AvgIpc) is 2.04. The van der Waals surface area contributed by atoms with E-state index in [0.29, 0.717) is 6.07 Å². The second-order valence-corrected chi connectivity index (χ2v) is 2.12. The van der Waals surface area contributed by atoms with Gasteiger partial charge >= 0.3 is 0 Å². The van der Waals surface area contributed by atoms with Gasteiger partial charge in [0, 0.05) is 6.07 Å². The molecule has 1 aromatic rings. The van der Waals surface area contributed by atoms with Gasteiger partial charge < -0.3 is 15.5 Å². The quantitative estimate of drug-likeness (QED) is 0.306. The zero-order chi connectivity index (χ0) is 10.0. The molecule has 0 heterocycles. The maximum absolute atomic E-state index is 11.0. The molecule has 13 heavy (non-hydrogen) atoms. The van der Waals surface area contributed by atoms with Crippen LogP contribution in [0.4, 0.5) is 0 Å². The molecule has 1 aromatic carbocycles. The van der Waals surface area contributed by atoms with Crippen LogP contribution >= 0.6 is 0 Å². The highest BCUT2D eigenvalue weighted by Gasteiger charge is 2.06. The molecule has 68 valence electrons. The molecule has 0 radical (unpaired) electrons. The van der Waals surface area contributed by atoms with E-state index in [-0.39, 0.29) is 0 Å². The summed E-state index contributed by atoms with van der Waals surface area (Å²) in [5.74, 6) is -0.759. The molecule has 7 heteroatoms. The van der Waals surface area contributed by atoms with Crippen molar-refractivity contribution in [1.29, 1.82) is 0 Å². The molecule has 0 bridgehead atoms. The van der Waals surface area contributed by atoms with Gasteiger partial charge in [-0.1, -0.05) is 10.3 Å². The lowest BCUT2D eigenvalue weighted by atomic mass is 10.3. The molecule has 0 atom stereocenters. The van der Waals surface area contributed by atoms with Crippen molar-refractivity contribution in [2.75, 3.05) is 0 Å². The molecular formula is C6H4N2O5. The first kappa shape index (κ1) is 8.91. The van der Waals surface area contributed by atoms with Crippen molar-refractivity contribution in [3.05, 3.63) is 37.2 Å². The molecule has 0 amide bonds. The third-order valence-corrected chi connectivity index (χ3v) is 1.37. The molecule has 0 aliphatic rings. The predicted molar refractivity (Wildman–Crippen MR) is 37.7 cm³/mol. The normalized spacial score (nSPS) is 13.5. The number of hydrogen-bond acceptors (Lipinski definition) is 7. The minimum Gasteiger partial charge on any atom is -0.505 e. The van der Waals surface area contributed by atoms with Gasteiger partial charge in [-0.05, 0) is 0 Å². The van der Waals surface area contributed by atoms with Crippen LogP contribution in [0.3, 0.4) is 0 Å². The number of nitrogens with zero attached hydrogens (tertiary/aromatic N) is 2. The minimum atomic E-state index is -1.13. The number of phenolic OH excluding ortho intramolecular Hbond substituents is 1. The van der Waals surface area contributed by atoms with Gasteiger partial charge in [0.25, 0.3) is 0 Å². The summed E-state index contributed by atoms with van der Waals surface area (Å²) in [5, 5.41) is 28.7. The van der Waals surface area contributed by atoms with Gasteiger partial charge in [0.2, 0.25) is 10.9 Å². The van der Waals surface area contributed by atoms with Gasteiger partial charge in [0.05, 0.1) is 0 Å². The summed E-state index contributed by atoms with van der Waals surface area (Å²) >= 11 is 0. The molecule has 1 rings (SSSR count). The third-order valence-electron chi connectivity index (χ3n) is 1.37. The molecular weight excluding hydrogens is 180 g/mol. The number of benzene rings is 1. The van der Waals surface area contributed by atoms with Gasteiger partial charge in [-0.25, -0.2) is 0 Å². The van der Waals surface area contributed by atoms with Crippen molar-refractivity contribution < 1.29 is 15.5 Å². The lowest BCUT2D eigenvalue weighted by molar-refractivity contribution is 0.292.